The van der Waals surface area contributed by atoms with E-state index < -0.39 is 0 Å². The van der Waals surface area contributed by atoms with Gasteiger partial charge in [-0.15, -0.1) is 0 Å². The molecule has 0 spiro atoms. The molecule has 0 fully saturated rings. The van der Waals surface area contributed by atoms with Gasteiger partial charge in [0.15, 0.2) is 0 Å². The van der Waals surface area contributed by atoms with Crippen LogP contribution in [-0.2, 0) is 0 Å². The molecule has 0 aliphatic heterocycles. The minimum atomic E-state index is -0.168. The number of nitrogens with zero attached hydrogens (tertiary/aromatic N) is 4. The summed E-state index contributed by atoms with van der Waals surface area (Å²) in [5, 5.41) is 24.2. The van der Waals surface area contributed by atoms with Crippen molar-refractivity contribution in [2.45, 2.75) is 6.92 Å². The number of nitrogens with one attached hydrogen (secondary N) is 2. The highest BCUT2D eigenvalue weighted by molar-refractivity contribution is 6.29. The van der Waals surface area contributed by atoms with E-state index in [1.54, 1.807) is 21.0 Å². The molecule has 0 aromatic carbocycles. The monoisotopic (exact) mass is 212 g/mol. The first-order chi connectivity index (χ1) is 6.84. The molecule has 0 saturated carbocycles. The van der Waals surface area contributed by atoms with Crippen LogP contribution in [0.4, 0.5) is 0 Å². The zero-order chi connectivity index (χ0) is 12.0. The Morgan fingerprint density at radius 3 is 2.00 bits per heavy atom. The lowest BCUT2D eigenvalue weighted by Gasteiger charge is -2.11. The Labute approximate surface area is 88.2 Å². The van der Waals surface area contributed by atoms with Crippen LogP contribution >= 0.6 is 0 Å². The summed E-state index contributed by atoms with van der Waals surface area (Å²) in [4.78, 5) is 0. The fraction of sp³-hybridized carbons (Fsp3) is 0.429. The predicted molar refractivity (Wildman–Crippen MR) is 61.0 cm³/mol. The van der Waals surface area contributed by atoms with Crippen LogP contribution in [0.15, 0.2) is 10.2 Å². The van der Waals surface area contributed by atoms with E-state index in [1.807, 2.05) is 0 Å². The predicted octanol–water partition coefficient (Wildman–Crippen LogP) is -1.00. The van der Waals surface area contributed by atoms with Crippen LogP contribution in [0.2, 0.25) is 0 Å². The Bertz CT molecular complexity index is 304. The molecule has 0 aliphatic rings. The van der Waals surface area contributed by atoms with Crippen LogP contribution in [0.1, 0.15) is 6.92 Å². The molecule has 6 N–H and O–H groups in total. The molecule has 8 heteroatoms. The number of hydrogen-bond donors (Lipinski definition) is 4. The van der Waals surface area contributed by atoms with Gasteiger partial charge in [0.25, 0.3) is 0 Å². The van der Waals surface area contributed by atoms with E-state index in [2.05, 4.69) is 10.2 Å². The normalized spacial score (nSPS) is 11.5. The van der Waals surface area contributed by atoms with E-state index in [1.165, 1.54) is 16.2 Å². The maximum absolute atomic E-state index is 7.07. The van der Waals surface area contributed by atoms with Crippen molar-refractivity contribution in [2.24, 2.45) is 21.7 Å². The number of hydrogen-bond acceptors (Lipinski definition) is 4. The van der Waals surface area contributed by atoms with E-state index in [9.17, 15) is 0 Å². The zero-order valence-electron chi connectivity index (χ0n) is 9.02. The Balaban J connectivity index is 4.41. The minimum absolute atomic E-state index is 0.164. The van der Waals surface area contributed by atoms with Gasteiger partial charge in [-0.25, -0.2) is 10.0 Å². The van der Waals surface area contributed by atoms with Gasteiger partial charge in [-0.05, 0) is 6.92 Å². The summed E-state index contributed by atoms with van der Waals surface area (Å²) < 4.78 is 0. The summed E-state index contributed by atoms with van der Waals surface area (Å²) in [6, 6.07) is 0. The maximum atomic E-state index is 7.07. The summed E-state index contributed by atoms with van der Waals surface area (Å²) in [6.45, 7) is 1.69. The average Bonchev–Trinajstić information content (AvgIpc) is 2.13. The van der Waals surface area contributed by atoms with E-state index in [4.69, 9.17) is 22.3 Å². The van der Waals surface area contributed by atoms with Crippen LogP contribution in [0.25, 0.3) is 0 Å². The number of hydrazone groups is 2. The quantitative estimate of drug-likeness (QED) is 0.271. The van der Waals surface area contributed by atoms with Crippen molar-refractivity contribution < 1.29 is 0 Å². The van der Waals surface area contributed by atoms with E-state index in [-0.39, 0.29) is 11.9 Å². The summed E-state index contributed by atoms with van der Waals surface area (Å²) in [5.74, 6) is -0.332. The summed E-state index contributed by atoms with van der Waals surface area (Å²) in [7, 11) is 3.09. The Hall–Kier alpha value is -2.12. The maximum Gasteiger partial charge on any atom is 0.208 e. The molecule has 0 atom stereocenters. The molecule has 0 aromatic heterocycles. The molecular weight excluding hydrogens is 196 g/mol. The van der Waals surface area contributed by atoms with Crippen LogP contribution in [0, 0.1) is 10.8 Å². The van der Waals surface area contributed by atoms with Gasteiger partial charge < -0.3 is 11.5 Å². The van der Waals surface area contributed by atoms with Crippen molar-refractivity contribution >= 4 is 23.8 Å². The van der Waals surface area contributed by atoms with Crippen molar-refractivity contribution in [3.63, 3.8) is 0 Å². The molecule has 15 heavy (non-hydrogen) atoms. The molecule has 0 saturated heterocycles. The lowest BCUT2D eigenvalue weighted by molar-refractivity contribution is 0.530. The molecule has 0 amide bonds. The first-order valence-corrected chi connectivity index (χ1v) is 4.09. The molecule has 0 bridgehead atoms. The van der Waals surface area contributed by atoms with Gasteiger partial charge in [0.1, 0.15) is 0 Å². The van der Waals surface area contributed by atoms with Gasteiger partial charge in [0.2, 0.25) is 11.9 Å². The van der Waals surface area contributed by atoms with Gasteiger partial charge in [-0.3, -0.25) is 10.8 Å². The molecule has 0 aliphatic carbocycles. The van der Waals surface area contributed by atoms with Crippen LogP contribution in [-0.4, -0.2) is 48.0 Å². The smallest absolute Gasteiger partial charge is 0.208 e. The second kappa shape index (κ2) is 5.58. The standard InChI is InChI=1S/C7H16N8/c1-5(13-15(3)7(10)11)4-12-14(2)6(8)9/h4H,1-3H3,(H3,8,9)(H3,10,11)/b12-4+,13-5-. The minimum Gasteiger partial charge on any atom is -0.369 e. The van der Waals surface area contributed by atoms with Crippen molar-refractivity contribution in [3.8, 4) is 0 Å². The average molecular weight is 212 g/mol. The summed E-state index contributed by atoms with van der Waals surface area (Å²) in [6.07, 6.45) is 1.42. The second-order valence-corrected chi connectivity index (χ2v) is 2.80. The molecule has 0 heterocycles. The van der Waals surface area contributed by atoms with Crippen LogP contribution in [0.5, 0.6) is 0 Å². The van der Waals surface area contributed by atoms with Crippen molar-refractivity contribution in [1.82, 2.24) is 10.0 Å². The number of rotatable bonds is 3. The third kappa shape index (κ3) is 5.24. The van der Waals surface area contributed by atoms with E-state index in [0.29, 0.717) is 5.71 Å². The molecule has 8 nitrogen and oxygen atoms in total. The van der Waals surface area contributed by atoms with Crippen LogP contribution < -0.4 is 11.5 Å². The summed E-state index contributed by atoms with van der Waals surface area (Å²) >= 11 is 0. The highest BCUT2D eigenvalue weighted by Crippen LogP contribution is 1.85. The highest BCUT2D eigenvalue weighted by Gasteiger charge is 1.97. The molecule has 0 rings (SSSR count). The third-order valence-electron chi connectivity index (χ3n) is 1.42. The third-order valence-corrected chi connectivity index (χ3v) is 1.42. The molecule has 0 aromatic rings. The lowest BCUT2D eigenvalue weighted by Crippen LogP contribution is -2.30. The van der Waals surface area contributed by atoms with Gasteiger partial charge in [0.05, 0.1) is 11.9 Å². The lowest BCUT2D eigenvalue weighted by atomic mass is 10.5. The number of nitrogens with two attached hydrogens (primary N) is 2. The van der Waals surface area contributed by atoms with Gasteiger partial charge in [0, 0.05) is 14.1 Å². The SMILES string of the molecule is CC(/C=N/N(C)C(=N)N)=N/N(C)C(=N)N. The van der Waals surface area contributed by atoms with Gasteiger partial charge >= 0.3 is 0 Å². The van der Waals surface area contributed by atoms with Crippen molar-refractivity contribution in [3.05, 3.63) is 0 Å². The van der Waals surface area contributed by atoms with Gasteiger partial charge in [-0.2, -0.15) is 10.2 Å². The first-order valence-electron chi connectivity index (χ1n) is 4.09. The van der Waals surface area contributed by atoms with Crippen molar-refractivity contribution in [1.29, 1.82) is 10.8 Å². The topological polar surface area (TPSA) is 131 Å². The molecule has 84 valence electrons. The fourth-order valence-electron chi connectivity index (χ4n) is 0.549. The molecular formula is C7H16N8. The molecule has 0 unspecified atom stereocenters. The van der Waals surface area contributed by atoms with Gasteiger partial charge in [-0.1, -0.05) is 0 Å². The summed E-state index contributed by atoms with van der Waals surface area (Å²) in [5.41, 5.74) is 10.9. The fourth-order valence-corrected chi connectivity index (χ4v) is 0.549. The zero-order valence-corrected chi connectivity index (χ0v) is 9.02. The van der Waals surface area contributed by atoms with E-state index >= 15 is 0 Å². The second-order valence-electron chi connectivity index (χ2n) is 2.80. The number of guanidine groups is 2. The Morgan fingerprint density at radius 2 is 1.60 bits per heavy atom. The largest absolute Gasteiger partial charge is 0.369 e. The van der Waals surface area contributed by atoms with Crippen molar-refractivity contribution in [2.75, 3.05) is 14.1 Å². The highest BCUT2D eigenvalue weighted by atomic mass is 15.5. The Kier molecular flexibility index (Phi) is 4.79. The van der Waals surface area contributed by atoms with Crippen LogP contribution in [0.3, 0.4) is 0 Å². The van der Waals surface area contributed by atoms with E-state index in [0.717, 1.165) is 0 Å². The molecule has 0 radical (unpaired) electrons. The first kappa shape index (κ1) is 12.9. The Morgan fingerprint density at radius 1 is 1.13 bits per heavy atom.